The Morgan fingerprint density at radius 3 is 1.26 bits per heavy atom. The van der Waals surface area contributed by atoms with Crippen LogP contribution in [0.4, 0.5) is 0 Å². The molecule has 6 rings (SSSR count). The highest BCUT2D eigenvalue weighted by atomic mass is 32.2. The number of aliphatic hydroxyl groups is 4. The summed E-state index contributed by atoms with van der Waals surface area (Å²) in [5.74, 6) is 3.65. The van der Waals surface area contributed by atoms with Crippen molar-refractivity contribution < 1.29 is 59.2 Å². The van der Waals surface area contributed by atoms with Crippen LogP contribution in [0.15, 0.2) is 19.6 Å². The van der Waals surface area contributed by atoms with Crippen LogP contribution in [0.2, 0.25) is 0 Å². The van der Waals surface area contributed by atoms with Crippen molar-refractivity contribution in [2.75, 3.05) is 0 Å². The molecule has 47 heavy (non-hydrogen) atoms. The molecule has 0 unspecified atom stereocenters. The minimum absolute atomic E-state index is 0.0415. The number of fused-ring (bicyclic) bond motifs is 4. The summed E-state index contributed by atoms with van der Waals surface area (Å²) in [6.07, 6.45) is 8.65. The minimum atomic E-state index is -1.62. The number of aromatic carboxylic acids is 2. The number of rotatable bonds is 4. The molecule has 239 valence electrons. The van der Waals surface area contributed by atoms with E-state index in [1.807, 2.05) is 0 Å². The highest BCUT2D eigenvalue weighted by molar-refractivity contribution is 8.22. The number of carboxylic acid groups (broad SMARTS) is 2. The molecule has 0 aliphatic carbocycles. The van der Waals surface area contributed by atoms with Crippen LogP contribution in [0.25, 0.3) is 0 Å². The maximum absolute atomic E-state index is 12.8. The maximum atomic E-state index is 12.8. The Morgan fingerprint density at radius 1 is 0.574 bits per heavy atom. The molecular weight excluding hydrogens is 693 g/mol. The number of carboxylic acids is 2. The second-order valence-electron chi connectivity index (χ2n) is 10.7. The summed E-state index contributed by atoms with van der Waals surface area (Å²) in [4.78, 5) is 25.9. The van der Waals surface area contributed by atoms with Crippen LogP contribution < -0.4 is 29.2 Å². The van der Waals surface area contributed by atoms with Gasteiger partial charge >= 0.3 is 0 Å². The number of aliphatic hydroxyl groups excluding tert-OH is 4. The Bertz CT molecular complexity index is 1910. The van der Waals surface area contributed by atoms with Crippen LogP contribution in [0.5, 0.6) is 23.0 Å². The molecule has 4 N–H and O–H groups in total. The number of ether oxygens (including phenoxy) is 4. The predicted octanol–water partition coefficient (Wildman–Crippen LogP) is 2.15. The average Bonchev–Trinajstić information content (AvgIpc) is 3.68. The van der Waals surface area contributed by atoms with E-state index in [9.17, 15) is 40.2 Å². The number of benzene rings is 2. The number of thioether (sulfide) groups is 4. The first kappa shape index (κ1) is 32.4. The van der Waals surface area contributed by atoms with E-state index in [1.165, 1.54) is 6.42 Å². The van der Waals surface area contributed by atoms with Crippen LogP contribution in [0.3, 0.4) is 0 Å². The molecule has 0 atom stereocenters. The summed E-state index contributed by atoms with van der Waals surface area (Å²) in [5.41, 5.74) is -0.318. The van der Waals surface area contributed by atoms with Crippen molar-refractivity contribution in [2.45, 2.75) is 67.0 Å². The molecule has 16 heteroatoms. The standard InChI is InChI=1S/C31H19O12S4/c1-28(2)40-18-14(19-21(43-29(3,4)41-19)16(26(36)37)20(18)42-28)13-15-22-24(46-30(44-22,5-9-32)6-10-33)17(27(38)39)25-23(15)45-31(47-25,7-11-34)8-12-35/h13,32-35H,1-4H3,(H,36,37)(H,38,39)/p-2. The lowest BCUT2D eigenvalue weighted by molar-refractivity contribution is -0.256. The summed E-state index contributed by atoms with van der Waals surface area (Å²) < 4.78 is 20.8. The van der Waals surface area contributed by atoms with Gasteiger partial charge in [-0.3, -0.25) is 0 Å². The maximum Gasteiger partial charge on any atom is 0.246 e. The quantitative estimate of drug-likeness (QED) is 0.337. The van der Waals surface area contributed by atoms with Crippen LogP contribution in [-0.4, -0.2) is 52.1 Å². The number of carbonyl (C=O) groups is 2. The highest BCUT2D eigenvalue weighted by Gasteiger charge is 2.50. The van der Waals surface area contributed by atoms with Gasteiger partial charge in [-0.15, -0.1) is 0 Å². The molecule has 0 spiro atoms. The van der Waals surface area contributed by atoms with Crippen LogP contribution >= 0.6 is 47.0 Å². The zero-order valence-electron chi connectivity index (χ0n) is 24.3. The van der Waals surface area contributed by atoms with Gasteiger partial charge in [-0.05, 0) is 29.2 Å². The summed E-state index contributed by atoms with van der Waals surface area (Å²) in [5, 5.41) is 63.3. The fraction of sp³-hybridized carbons (Fsp3) is 0.258. The highest BCUT2D eigenvalue weighted by Crippen LogP contribution is 2.67. The zero-order valence-corrected chi connectivity index (χ0v) is 27.5. The van der Waals surface area contributed by atoms with E-state index in [-0.39, 0.29) is 59.3 Å². The minimum Gasteiger partial charge on any atom is -0.545 e. The Hall–Kier alpha value is -4.58. The van der Waals surface area contributed by atoms with Crippen molar-refractivity contribution in [3.05, 3.63) is 28.7 Å². The topological polar surface area (TPSA) is 198 Å². The van der Waals surface area contributed by atoms with Gasteiger partial charge in [0.05, 0.1) is 23.1 Å². The van der Waals surface area contributed by atoms with Crippen molar-refractivity contribution in [2.24, 2.45) is 0 Å². The van der Waals surface area contributed by atoms with Crippen molar-refractivity contribution >= 4 is 59.0 Å². The van der Waals surface area contributed by atoms with E-state index in [2.05, 4.69) is 23.7 Å². The molecule has 4 heterocycles. The molecule has 2 aromatic carbocycles. The van der Waals surface area contributed by atoms with E-state index in [4.69, 9.17) is 18.9 Å². The van der Waals surface area contributed by atoms with Crippen molar-refractivity contribution in [3.8, 4) is 71.1 Å². The average molecular weight is 710 g/mol. The van der Waals surface area contributed by atoms with E-state index in [0.29, 0.717) is 0 Å². The smallest absolute Gasteiger partial charge is 0.246 e. The Balaban J connectivity index is 1.68. The van der Waals surface area contributed by atoms with E-state index in [1.54, 1.807) is 52.1 Å². The number of hydrogen-bond acceptors (Lipinski definition) is 16. The van der Waals surface area contributed by atoms with E-state index in [0.717, 1.165) is 47.0 Å². The summed E-state index contributed by atoms with van der Waals surface area (Å²) in [6, 6.07) is 0. The van der Waals surface area contributed by atoms with Gasteiger partial charge in [0.25, 0.3) is 0 Å². The molecule has 0 bridgehead atoms. The summed E-state index contributed by atoms with van der Waals surface area (Å²) >= 11 is 3.47. The lowest BCUT2D eigenvalue weighted by atomic mass is 9.98. The molecule has 1 radical (unpaired) electrons. The first-order valence-corrected chi connectivity index (χ1v) is 16.3. The lowest BCUT2D eigenvalue weighted by Gasteiger charge is -2.20. The van der Waals surface area contributed by atoms with Gasteiger partial charge in [-0.25, -0.2) is 0 Å². The zero-order chi connectivity index (χ0) is 34.1. The Kier molecular flexibility index (Phi) is 7.58. The van der Waals surface area contributed by atoms with Gasteiger partial charge in [-0.2, -0.15) is 0 Å². The Morgan fingerprint density at radius 2 is 0.915 bits per heavy atom. The molecule has 0 aromatic heterocycles. The van der Waals surface area contributed by atoms with Crippen molar-refractivity contribution in [3.63, 3.8) is 0 Å². The molecule has 4 aliphatic rings. The van der Waals surface area contributed by atoms with Gasteiger partial charge in [0.15, 0.2) is 31.2 Å². The molecule has 0 saturated heterocycles. The van der Waals surface area contributed by atoms with Crippen LogP contribution in [0, 0.1) is 54.5 Å². The fourth-order valence-corrected chi connectivity index (χ4v) is 10.9. The predicted molar refractivity (Wildman–Crippen MR) is 162 cm³/mol. The van der Waals surface area contributed by atoms with Crippen LogP contribution in [0.1, 0.15) is 59.5 Å². The van der Waals surface area contributed by atoms with Gasteiger partial charge in [-0.1, -0.05) is 47.0 Å². The van der Waals surface area contributed by atoms with Crippen LogP contribution in [-0.2, 0) is 0 Å². The van der Waals surface area contributed by atoms with Gasteiger partial charge in [0.1, 0.15) is 24.4 Å². The second-order valence-corrected chi connectivity index (χ2v) is 16.1. The number of hydrogen-bond donors (Lipinski definition) is 4. The van der Waals surface area contributed by atoms with Gasteiger partial charge in [0.2, 0.25) is 11.6 Å². The lowest BCUT2D eigenvalue weighted by Crippen LogP contribution is -2.32. The van der Waals surface area contributed by atoms with Crippen molar-refractivity contribution in [1.82, 2.24) is 0 Å². The normalized spacial score (nSPS) is 18.5. The second kappa shape index (κ2) is 11.0. The van der Waals surface area contributed by atoms with E-state index >= 15 is 0 Å². The third kappa shape index (κ3) is 5.18. The largest absolute Gasteiger partial charge is 0.545 e. The van der Waals surface area contributed by atoms with Gasteiger partial charge in [0, 0.05) is 59.3 Å². The summed E-state index contributed by atoms with van der Waals surface area (Å²) in [6.45, 7) is 6.22. The fourth-order valence-electron chi connectivity index (χ4n) is 5.13. The third-order valence-corrected chi connectivity index (χ3v) is 12.4. The first-order chi connectivity index (χ1) is 22.1. The molecule has 0 fully saturated rings. The molecule has 4 aliphatic heterocycles. The number of carbonyl (C=O) groups excluding carboxylic acids is 2. The van der Waals surface area contributed by atoms with Gasteiger partial charge < -0.3 is 59.2 Å². The molecular formula is C31H17O12S4-2. The molecule has 12 nitrogen and oxygen atoms in total. The monoisotopic (exact) mass is 709 g/mol. The molecule has 2 aromatic rings. The third-order valence-electron chi connectivity index (χ3n) is 6.67. The van der Waals surface area contributed by atoms with E-state index < -0.39 is 37.2 Å². The SMILES string of the molecule is CC1(C)Oc2c([CH]c3c4c(c(C(=O)[O-])c5c3SC(C#CO)(C#CO)S5)SC(C#CO)(C#CO)S4)c3c(c(C(=O)[O-])c2O1)OC(C)(C)O3. The summed E-state index contributed by atoms with van der Waals surface area (Å²) in [7, 11) is 0. The molecule has 0 amide bonds. The first-order valence-electron chi connectivity index (χ1n) is 13.1. The Labute approximate surface area is 283 Å². The molecule has 0 saturated carbocycles. The van der Waals surface area contributed by atoms with Crippen molar-refractivity contribution in [1.29, 1.82) is 0 Å².